The molecule has 2 aliphatic heterocycles. The Labute approximate surface area is 139 Å². The van der Waals surface area contributed by atoms with Crippen LogP contribution in [0.5, 0.6) is 5.75 Å². The molecule has 3 rings (SSSR count). The smallest absolute Gasteiger partial charge is 0.224 e. The number of hydrogen-bond donors (Lipinski definition) is 1. The van der Waals surface area contributed by atoms with Crippen LogP contribution in [0.25, 0.3) is 0 Å². The van der Waals surface area contributed by atoms with Crippen LogP contribution in [0.4, 0.5) is 0 Å². The summed E-state index contributed by atoms with van der Waals surface area (Å²) in [5.41, 5.74) is 2.02. The molecule has 0 bridgehead atoms. The van der Waals surface area contributed by atoms with Crippen LogP contribution < -0.4 is 10.1 Å². The second-order valence-corrected chi connectivity index (χ2v) is 7.77. The molecule has 126 valence electrons. The zero-order chi connectivity index (χ0) is 16.6. The van der Waals surface area contributed by atoms with E-state index in [4.69, 9.17) is 4.74 Å². The van der Waals surface area contributed by atoms with E-state index in [2.05, 4.69) is 56.2 Å². The van der Waals surface area contributed by atoms with Crippen molar-refractivity contribution in [3.8, 4) is 5.75 Å². The van der Waals surface area contributed by atoms with Crippen LogP contribution in [-0.4, -0.2) is 36.5 Å². The molecule has 1 N–H and O–H groups in total. The fourth-order valence-corrected chi connectivity index (χ4v) is 3.76. The predicted octanol–water partition coefficient (Wildman–Crippen LogP) is 3.06. The van der Waals surface area contributed by atoms with Gasteiger partial charge < -0.3 is 15.0 Å². The van der Waals surface area contributed by atoms with Gasteiger partial charge in [-0.3, -0.25) is 4.79 Å². The molecule has 0 aromatic heterocycles. The van der Waals surface area contributed by atoms with Crippen molar-refractivity contribution in [2.75, 3.05) is 20.1 Å². The molecule has 0 unspecified atom stereocenters. The normalized spacial score (nSPS) is 27.0. The van der Waals surface area contributed by atoms with Crippen LogP contribution in [0.3, 0.4) is 0 Å². The molecule has 23 heavy (non-hydrogen) atoms. The minimum Gasteiger partial charge on any atom is -0.487 e. The van der Waals surface area contributed by atoms with Gasteiger partial charge in [0, 0.05) is 18.5 Å². The minimum absolute atomic E-state index is 0.0362. The van der Waals surface area contributed by atoms with Crippen molar-refractivity contribution >= 4 is 5.91 Å². The van der Waals surface area contributed by atoms with Crippen molar-refractivity contribution in [2.45, 2.75) is 51.7 Å². The molecule has 0 radical (unpaired) electrons. The van der Waals surface area contributed by atoms with Crippen LogP contribution in [0.1, 0.15) is 50.3 Å². The number of piperidine rings is 1. The van der Waals surface area contributed by atoms with E-state index in [9.17, 15) is 4.79 Å². The molecule has 0 spiro atoms. The highest BCUT2D eigenvalue weighted by atomic mass is 16.5. The number of likely N-dealkylation sites (tertiary alicyclic amines) is 1. The first kappa shape index (κ1) is 16.3. The summed E-state index contributed by atoms with van der Waals surface area (Å²) in [6.45, 7) is 8.20. The fraction of sp³-hybridized carbons (Fsp3) is 0.632. The number of rotatable bonds is 2. The largest absolute Gasteiger partial charge is 0.487 e. The summed E-state index contributed by atoms with van der Waals surface area (Å²) in [4.78, 5) is 15.0. The van der Waals surface area contributed by atoms with Crippen LogP contribution in [-0.2, 0) is 4.79 Å². The quantitative estimate of drug-likeness (QED) is 0.912. The van der Waals surface area contributed by atoms with Crippen LogP contribution >= 0.6 is 0 Å². The lowest BCUT2D eigenvalue weighted by atomic mass is 9.88. The SMILES string of the molecule is Cc1ccc2c(c1)OC(C)(C)C[C@H]2NC(=O)[C@@H]1CCCN(C)C1. The number of ether oxygens (including phenoxy) is 1. The predicted molar refractivity (Wildman–Crippen MR) is 91.6 cm³/mol. The maximum absolute atomic E-state index is 12.7. The first-order chi connectivity index (χ1) is 10.8. The number of nitrogens with one attached hydrogen (secondary N) is 1. The van der Waals surface area contributed by atoms with Crippen molar-refractivity contribution in [1.82, 2.24) is 10.2 Å². The Morgan fingerprint density at radius 3 is 2.91 bits per heavy atom. The van der Waals surface area contributed by atoms with Crippen molar-refractivity contribution in [3.63, 3.8) is 0 Å². The highest BCUT2D eigenvalue weighted by Gasteiger charge is 2.36. The van der Waals surface area contributed by atoms with E-state index < -0.39 is 0 Å². The van der Waals surface area contributed by atoms with E-state index in [0.29, 0.717) is 0 Å². The molecule has 1 amide bonds. The molecule has 1 fully saturated rings. The van der Waals surface area contributed by atoms with Gasteiger partial charge in [-0.25, -0.2) is 0 Å². The lowest BCUT2D eigenvalue weighted by Gasteiger charge is -2.39. The molecule has 0 saturated carbocycles. The first-order valence-corrected chi connectivity index (χ1v) is 8.62. The van der Waals surface area contributed by atoms with Crippen LogP contribution in [0.2, 0.25) is 0 Å². The Balaban J connectivity index is 1.78. The molecule has 4 heteroatoms. The molecule has 2 aliphatic rings. The van der Waals surface area contributed by atoms with E-state index in [0.717, 1.165) is 43.7 Å². The van der Waals surface area contributed by atoms with Crippen molar-refractivity contribution in [1.29, 1.82) is 0 Å². The number of benzene rings is 1. The van der Waals surface area contributed by atoms with E-state index in [-0.39, 0.29) is 23.5 Å². The molecule has 4 nitrogen and oxygen atoms in total. The third-order valence-corrected chi connectivity index (χ3v) is 4.94. The van der Waals surface area contributed by atoms with E-state index >= 15 is 0 Å². The van der Waals surface area contributed by atoms with Gasteiger partial charge in [0.15, 0.2) is 0 Å². The molecule has 2 atom stereocenters. The van der Waals surface area contributed by atoms with Gasteiger partial charge >= 0.3 is 0 Å². The highest BCUT2D eigenvalue weighted by molar-refractivity contribution is 5.79. The maximum Gasteiger partial charge on any atom is 0.224 e. The molecule has 2 heterocycles. The van der Waals surface area contributed by atoms with Gasteiger partial charge in [0.2, 0.25) is 5.91 Å². The minimum atomic E-state index is -0.262. The Hall–Kier alpha value is -1.55. The third kappa shape index (κ3) is 3.69. The molecule has 0 aliphatic carbocycles. The molecular formula is C19H28N2O2. The first-order valence-electron chi connectivity index (χ1n) is 8.62. The summed E-state index contributed by atoms with van der Waals surface area (Å²) in [5, 5.41) is 3.29. The molecule has 1 aromatic carbocycles. The number of carbonyl (C=O) groups is 1. The molecule has 1 saturated heterocycles. The molecular weight excluding hydrogens is 288 g/mol. The summed E-state index contributed by atoms with van der Waals surface area (Å²) >= 11 is 0. The van der Waals surface area contributed by atoms with Crippen molar-refractivity contribution in [2.24, 2.45) is 5.92 Å². The van der Waals surface area contributed by atoms with Gasteiger partial charge in [-0.2, -0.15) is 0 Å². The fourth-order valence-electron chi connectivity index (χ4n) is 3.76. The van der Waals surface area contributed by atoms with Gasteiger partial charge in [0.25, 0.3) is 0 Å². The van der Waals surface area contributed by atoms with Crippen LogP contribution in [0.15, 0.2) is 18.2 Å². The number of hydrogen-bond acceptors (Lipinski definition) is 3. The maximum atomic E-state index is 12.7. The number of aryl methyl sites for hydroxylation is 1. The Kier molecular flexibility index (Phi) is 4.37. The summed E-state index contributed by atoms with van der Waals surface area (Å²) < 4.78 is 6.11. The Morgan fingerprint density at radius 2 is 2.17 bits per heavy atom. The lowest BCUT2D eigenvalue weighted by molar-refractivity contribution is -0.127. The second kappa shape index (κ2) is 6.16. The number of amides is 1. The third-order valence-electron chi connectivity index (χ3n) is 4.94. The standard InChI is InChI=1S/C19H28N2O2/c1-13-7-8-15-16(11-19(2,3)23-17(15)10-13)20-18(22)14-6-5-9-21(4)12-14/h7-8,10,14,16H,5-6,9,11-12H2,1-4H3,(H,20,22)/t14-,16-/m1/s1. The van der Waals surface area contributed by atoms with E-state index in [1.165, 1.54) is 5.56 Å². The van der Waals surface area contributed by atoms with Crippen LogP contribution in [0, 0.1) is 12.8 Å². The second-order valence-electron chi connectivity index (χ2n) is 7.77. The van der Waals surface area contributed by atoms with Gasteiger partial charge in [-0.1, -0.05) is 12.1 Å². The number of fused-ring (bicyclic) bond motifs is 1. The Morgan fingerprint density at radius 1 is 1.39 bits per heavy atom. The zero-order valence-electron chi connectivity index (χ0n) is 14.7. The van der Waals surface area contributed by atoms with Crippen molar-refractivity contribution in [3.05, 3.63) is 29.3 Å². The highest BCUT2D eigenvalue weighted by Crippen LogP contribution is 2.40. The zero-order valence-corrected chi connectivity index (χ0v) is 14.7. The van der Waals surface area contributed by atoms with Gasteiger partial charge in [0.1, 0.15) is 11.4 Å². The number of carbonyl (C=O) groups excluding carboxylic acids is 1. The summed E-state index contributed by atoms with van der Waals surface area (Å²) in [7, 11) is 2.09. The topological polar surface area (TPSA) is 41.6 Å². The van der Waals surface area contributed by atoms with E-state index in [1.807, 2.05) is 0 Å². The summed E-state index contributed by atoms with van der Waals surface area (Å²) in [5.74, 6) is 1.20. The average molecular weight is 316 g/mol. The van der Waals surface area contributed by atoms with E-state index in [1.54, 1.807) is 0 Å². The van der Waals surface area contributed by atoms with Crippen molar-refractivity contribution < 1.29 is 9.53 Å². The average Bonchev–Trinajstić information content (AvgIpc) is 2.45. The molecule has 1 aromatic rings. The Bertz CT molecular complexity index is 597. The van der Waals surface area contributed by atoms with Gasteiger partial charge in [-0.05, 0) is 58.8 Å². The van der Waals surface area contributed by atoms with Gasteiger partial charge in [-0.15, -0.1) is 0 Å². The lowest BCUT2D eigenvalue weighted by Crippen LogP contribution is -2.46. The van der Waals surface area contributed by atoms with Gasteiger partial charge in [0.05, 0.1) is 12.0 Å². The monoisotopic (exact) mass is 316 g/mol. The summed E-state index contributed by atoms with van der Waals surface area (Å²) in [6.07, 6.45) is 2.89. The summed E-state index contributed by atoms with van der Waals surface area (Å²) in [6, 6.07) is 6.30. The number of nitrogens with zero attached hydrogens (tertiary/aromatic N) is 1.